The molecule has 0 spiro atoms. The Kier molecular flexibility index (Phi) is 5.03. The summed E-state index contributed by atoms with van der Waals surface area (Å²) in [6, 6.07) is 10.6. The Morgan fingerprint density at radius 2 is 1.64 bits per heavy atom. The molecule has 0 unspecified atom stereocenters. The summed E-state index contributed by atoms with van der Waals surface area (Å²) in [6.45, 7) is 3.37. The van der Waals surface area contributed by atoms with Crippen molar-refractivity contribution in [2.45, 2.75) is 13.1 Å². The molecular weight excluding hydrogens is 358 g/mol. The molecule has 28 heavy (non-hydrogen) atoms. The van der Waals surface area contributed by atoms with Crippen molar-refractivity contribution in [3.8, 4) is 0 Å². The topological polar surface area (TPSA) is 91.3 Å². The van der Waals surface area contributed by atoms with Crippen LogP contribution in [0.4, 0.5) is 0 Å². The summed E-state index contributed by atoms with van der Waals surface area (Å²) in [5.74, 6) is -0.170. The highest BCUT2D eigenvalue weighted by Gasteiger charge is 2.22. The second kappa shape index (κ2) is 7.77. The molecule has 0 bridgehead atoms. The van der Waals surface area contributed by atoms with Crippen molar-refractivity contribution in [3.63, 3.8) is 0 Å². The maximum atomic E-state index is 12.6. The Morgan fingerprint density at radius 3 is 2.36 bits per heavy atom. The molecule has 3 heterocycles. The number of hydrogen-bond acceptors (Lipinski definition) is 5. The van der Waals surface area contributed by atoms with Gasteiger partial charge in [-0.3, -0.25) is 29.4 Å². The van der Waals surface area contributed by atoms with Crippen molar-refractivity contribution in [3.05, 3.63) is 75.1 Å². The van der Waals surface area contributed by atoms with E-state index in [1.54, 1.807) is 41.6 Å². The average Bonchev–Trinajstić information content (AvgIpc) is 2.73. The van der Waals surface area contributed by atoms with Gasteiger partial charge in [-0.15, -0.1) is 0 Å². The fraction of sp³-hybridized carbons (Fsp3) is 0.300. The summed E-state index contributed by atoms with van der Waals surface area (Å²) in [6.07, 6.45) is 3.55. The van der Waals surface area contributed by atoms with Crippen molar-refractivity contribution in [1.29, 1.82) is 0 Å². The van der Waals surface area contributed by atoms with Crippen LogP contribution in [0.15, 0.2) is 58.4 Å². The van der Waals surface area contributed by atoms with Crippen LogP contribution in [0.3, 0.4) is 0 Å². The van der Waals surface area contributed by atoms with Crippen LogP contribution in [-0.2, 0) is 17.9 Å². The van der Waals surface area contributed by atoms with E-state index in [-0.39, 0.29) is 23.6 Å². The molecule has 2 aromatic heterocycles. The molecule has 0 atom stereocenters. The lowest BCUT2D eigenvalue weighted by Gasteiger charge is -2.34. The third-order valence-corrected chi connectivity index (χ3v) is 5.06. The predicted molar refractivity (Wildman–Crippen MR) is 105 cm³/mol. The van der Waals surface area contributed by atoms with Gasteiger partial charge in [0.15, 0.2) is 0 Å². The molecule has 4 rings (SSSR count). The molecule has 1 fully saturated rings. The third-order valence-electron chi connectivity index (χ3n) is 5.06. The van der Waals surface area contributed by atoms with E-state index < -0.39 is 0 Å². The van der Waals surface area contributed by atoms with Crippen LogP contribution in [0.25, 0.3) is 10.8 Å². The number of piperazine rings is 1. The number of carbonyl (C=O) groups excluding carboxylic acids is 1. The van der Waals surface area contributed by atoms with E-state index in [1.165, 1.54) is 5.56 Å². The van der Waals surface area contributed by atoms with Crippen molar-refractivity contribution < 1.29 is 4.79 Å². The lowest BCUT2D eigenvalue weighted by Crippen LogP contribution is -2.50. The molecule has 8 nitrogen and oxygen atoms in total. The monoisotopic (exact) mass is 379 g/mol. The first kappa shape index (κ1) is 18.1. The number of amides is 1. The van der Waals surface area contributed by atoms with Gasteiger partial charge in [0.05, 0.1) is 10.8 Å². The lowest BCUT2D eigenvalue weighted by molar-refractivity contribution is -0.133. The normalized spacial score (nSPS) is 15.1. The first-order valence-electron chi connectivity index (χ1n) is 9.23. The Balaban J connectivity index is 1.41. The summed E-state index contributed by atoms with van der Waals surface area (Å²) in [5, 5.41) is 3.17. The molecule has 1 saturated heterocycles. The van der Waals surface area contributed by atoms with Gasteiger partial charge in [0.1, 0.15) is 6.54 Å². The third kappa shape index (κ3) is 3.72. The summed E-state index contributed by atoms with van der Waals surface area (Å²) in [5.41, 5.74) is 0.458. The number of nitrogens with one attached hydrogen (secondary N) is 1. The molecule has 8 heteroatoms. The Hall–Kier alpha value is -3.26. The van der Waals surface area contributed by atoms with Gasteiger partial charge in [-0.25, -0.2) is 4.68 Å². The molecule has 1 aliphatic rings. The Bertz CT molecular complexity index is 1100. The zero-order valence-corrected chi connectivity index (χ0v) is 15.4. The molecule has 1 amide bonds. The number of fused-ring (bicyclic) bond motifs is 1. The fourth-order valence-corrected chi connectivity index (χ4v) is 3.49. The zero-order valence-electron chi connectivity index (χ0n) is 15.4. The minimum Gasteiger partial charge on any atom is -0.339 e. The highest BCUT2D eigenvalue weighted by atomic mass is 16.2. The summed E-state index contributed by atoms with van der Waals surface area (Å²) < 4.78 is 1.11. The maximum absolute atomic E-state index is 12.6. The Labute approximate surface area is 161 Å². The van der Waals surface area contributed by atoms with Gasteiger partial charge in [-0.1, -0.05) is 12.1 Å². The van der Waals surface area contributed by atoms with Crippen molar-refractivity contribution in [1.82, 2.24) is 24.6 Å². The minimum absolute atomic E-state index is 0.163. The highest BCUT2D eigenvalue weighted by Crippen LogP contribution is 2.08. The van der Waals surface area contributed by atoms with Crippen LogP contribution >= 0.6 is 0 Å². The van der Waals surface area contributed by atoms with Gasteiger partial charge in [-0.2, -0.15) is 0 Å². The molecular formula is C20H21N5O3. The van der Waals surface area contributed by atoms with Gasteiger partial charge in [0.25, 0.3) is 11.1 Å². The molecule has 1 N–H and O–H groups in total. The van der Waals surface area contributed by atoms with Crippen LogP contribution in [0.1, 0.15) is 5.56 Å². The smallest absolute Gasteiger partial charge is 0.273 e. The van der Waals surface area contributed by atoms with Gasteiger partial charge in [0, 0.05) is 45.1 Å². The lowest BCUT2D eigenvalue weighted by atomic mass is 10.2. The maximum Gasteiger partial charge on any atom is 0.273 e. The van der Waals surface area contributed by atoms with Crippen molar-refractivity contribution in [2.75, 3.05) is 26.2 Å². The largest absolute Gasteiger partial charge is 0.339 e. The van der Waals surface area contributed by atoms with Crippen LogP contribution in [0.5, 0.6) is 0 Å². The van der Waals surface area contributed by atoms with Gasteiger partial charge >= 0.3 is 0 Å². The van der Waals surface area contributed by atoms with Gasteiger partial charge in [0.2, 0.25) is 5.91 Å². The summed E-state index contributed by atoms with van der Waals surface area (Å²) in [4.78, 5) is 45.4. The molecule has 3 aromatic rings. The zero-order chi connectivity index (χ0) is 19.5. The fourth-order valence-electron chi connectivity index (χ4n) is 3.49. The van der Waals surface area contributed by atoms with E-state index >= 15 is 0 Å². The van der Waals surface area contributed by atoms with Gasteiger partial charge in [-0.05, 0) is 29.8 Å². The standard InChI is InChI=1S/C20H21N5O3/c26-18(14-25-20(28)17-4-2-1-3-16(17)19(27)22-25)24-11-9-23(10-12-24)13-15-5-7-21-8-6-15/h1-8H,9-14H2,(H,22,27). The number of hydrogen-bond donors (Lipinski definition) is 1. The van der Waals surface area contributed by atoms with Crippen LogP contribution in [0, 0.1) is 0 Å². The SMILES string of the molecule is O=C(Cn1[nH]c(=O)c2ccccc2c1=O)N1CCN(Cc2ccncc2)CC1. The van der Waals surface area contributed by atoms with E-state index in [1.807, 2.05) is 12.1 Å². The molecule has 144 valence electrons. The first-order valence-corrected chi connectivity index (χ1v) is 9.23. The predicted octanol–water partition coefficient (Wildman–Crippen LogP) is 0.429. The van der Waals surface area contributed by atoms with Gasteiger partial charge < -0.3 is 4.90 Å². The van der Waals surface area contributed by atoms with Crippen LogP contribution in [-0.4, -0.2) is 56.7 Å². The summed E-state index contributed by atoms with van der Waals surface area (Å²) >= 11 is 0. The molecule has 1 aliphatic heterocycles. The molecule has 0 radical (unpaired) electrons. The van der Waals surface area contributed by atoms with E-state index in [0.29, 0.717) is 23.9 Å². The van der Waals surface area contributed by atoms with Crippen molar-refractivity contribution >= 4 is 16.7 Å². The van der Waals surface area contributed by atoms with Crippen LogP contribution in [0.2, 0.25) is 0 Å². The number of benzene rings is 1. The number of nitrogens with zero attached hydrogens (tertiary/aromatic N) is 4. The Morgan fingerprint density at radius 1 is 0.964 bits per heavy atom. The molecule has 0 saturated carbocycles. The number of rotatable bonds is 4. The second-order valence-electron chi connectivity index (χ2n) is 6.89. The number of aromatic amines is 1. The van der Waals surface area contributed by atoms with E-state index in [0.717, 1.165) is 24.3 Å². The number of pyridine rings is 1. The van der Waals surface area contributed by atoms with Crippen molar-refractivity contribution in [2.24, 2.45) is 0 Å². The van der Waals surface area contributed by atoms with E-state index in [2.05, 4.69) is 15.0 Å². The number of H-pyrrole nitrogens is 1. The minimum atomic E-state index is -0.370. The number of aromatic nitrogens is 3. The highest BCUT2D eigenvalue weighted by molar-refractivity contribution is 5.81. The summed E-state index contributed by atoms with van der Waals surface area (Å²) in [7, 11) is 0. The second-order valence-corrected chi connectivity index (χ2v) is 6.89. The first-order chi connectivity index (χ1) is 13.6. The molecule has 0 aliphatic carbocycles. The number of carbonyl (C=O) groups is 1. The van der Waals surface area contributed by atoms with E-state index in [9.17, 15) is 14.4 Å². The van der Waals surface area contributed by atoms with E-state index in [4.69, 9.17) is 0 Å². The quantitative estimate of drug-likeness (QED) is 0.710. The van der Waals surface area contributed by atoms with Crippen LogP contribution < -0.4 is 11.1 Å². The average molecular weight is 379 g/mol. The molecule has 1 aromatic carbocycles.